The second-order valence-electron chi connectivity index (χ2n) is 5.14. The first-order valence-corrected chi connectivity index (χ1v) is 9.82. The zero-order valence-electron chi connectivity index (χ0n) is 12.6. The summed E-state index contributed by atoms with van der Waals surface area (Å²) in [6, 6.07) is 3.66. The van der Waals surface area contributed by atoms with E-state index < -0.39 is 41.3 Å². The second kappa shape index (κ2) is 6.51. The summed E-state index contributed by atoms with van der Waals surface area (Å²) in [6.07, 6.45) is 2.20. The molecule has 2 aromatic rings. The molecule has 0 aliphatic carbocycles. The van der Waals surface area contributed by atoms with Crippen LogP contribution in [-0.4, -0.2) is 35.7 Å². The smallest absolute Gasteiger partial charge is 0.295 e. The zero-order valence-corrected chi connectivity index (χ0v) is 14.3. The van der Waals surface area contributed by atoms with Gasteiger partial charge in [-0.25, -0.2) is 4.68 Å². The molecule has 132 valence electrons. The lowest BCUT2D eigenvalue weighted by Crippen LogP contribution is -2.17. The molecule has 0 saturated heterocycles. The number of aryl methyl sites for hydroxylation is 1. The van der Waals surface area contributed by atoms with Crippen molar-refractivity contribution in [1.29, 1.82) is 0 Å². The minimum absolute atomic E-state index is 0.402. The first-order valence-electron chi connectivity index (χ1n) is 6.94. The van der Waals surface area contributed by atoms with E-state index in [9.17, 15) is 26.2 Å². The van der Waals surface area contributed by atoms with E-state index in [1.54, 1.807) is 0 Å². The Balaban J connectivity index is 2.71. The molecule has 0 radical (unpaired) electrons. The third-order valence-corrected chi connectivity index (χ3v) is 5.07. The third-order valence-electron chi connectivity index (χ3n) is 3.32. The van der Waals surface area contributed by atoms with Crippen LogP contribution in [-0.2, 0) is 26.7 Å². The van der Waals surface area contributed by atoms with Crippen LogP contribution in [0.25, 0.3) is 5.69 Å². The van der Waals surface area contributed by atoms with Gasteiger partial charge in [-0.3, -0.25) is 19.0 Å². The Bertz CT molecular complexity index is 1020. The summed E-state index contributed by atoms with van der Waals surface area (Å²) in [7, 11) is -9.35. The van der Waals surface area contributed by atoms with Crippen LogP contribution < -0.4 is 5.56 Å². The molecule has 0 unspecified atom stereocenters. The highest BCUT2D eigenvalue weighted by molar-refractivity contribution is 7.86. The molecule has 3 N–H and O–H groups in total. The highest BCUT2D eigenvalue weighted by Crippen LogP contribution is 2.22. The summed E-state index contributed by atoms with van der Waals surface area (Å²) < 4.78 is 64.7. The van der Waals surface area contributed by atoms with Gasteiger partial charge in [-0.05, 0) is 31.0 Å². The Morgan fingerprint density at radius 3 is 2.29 bits per heavy atom. The van der Waals surface area contributed by atoms with Crippen LogP contribution >= 0.6 is 0 Å². The molecule has 24 heavy (non-hydrogen) atoms. The number of unbranched alkanes of at least 4 members (excludes halogenated alkanes) is 1. The average molecular weight is 376 g/mol. The largest absolute Gasteiger partial charge is 0.296 e. The maximum atomic E-state index is 12.1. The lowest BCUT2D eigenvalue weighted by atomic mass is 10.2. The molecular formula is C13H16N2O7S2. The molecular weight excluding hydrogens is 360 g/mol. The lowest BCUT2D eigenvalue weighted by molar-refractivity contribution is 0.477. The van der Waals surface area contributed by atoms with E-state index in [-0.39, 0.29) is 0 Å². The van der Waals surface area contributed by atoms with E-state index >= 15 is 0 Å². The Hall–Kier alpha value is -1.95. The number of nitrogens with zero attached hydrogens (tertiary/aromatic N) is 1. The molecule has 0 saturated carbocycles. The summed E-state index contributed by atoms with van der Waals surface area (Å²) in [5.41, 5.74) is -0.501. The number of H-pyrrole nitrogens is 1. The minimum atomic E-state index is -4.72. The average Bonchev–Trinajstić information content (AvgIpc) is 2.83. The number of nitrogens with one attached hydrogen (secondary N) is 1. The molecule has 0 spiro atoms. The fraction of sp³-hybridized carbons (Fsp3) is 0.308. The normalized spacial score (nSPS) is 12.5. The predicted molar refractivity (Wildman–Crippen MR) is 84.6 cm³/mol. The maximum absolute atomic E-state index is 12.1. The molecule has 0 amide bonds. The van der Waals surface area contributed by atoms with Crippen LogP contribution in [0.4, 0.5) is 0 Å². The molecule has 1 heterocycles. The van der Waals surface area contributed by atoms with Crippen LogP contribution in [0.2, 0.25) is 0 Å². The van der Waals surface area contributed by atoms with Gasteiger partial charge in [0.25, 0.3) is 25.8 Å². The van der Waals surface area contributed by atoms with Crippen molar-refractivity contribution in [3.63, 3.8) is 0 Å². The summed E-state index contributed by atoms with van der Waals surface area (Å²) in [4.78, 5) is 10.8. The summed E-state index contributed by atoms with van der Waals surface area (Å²) in [6.45, 7) is 1.96. The standard InChI is InChI=1S/C13H16N2O7S2/c1-2-3-4-9-7-13(16)15(14-9)11-8-10(23(17,18)19)5-6-12(11)24(20,21)22/h5-8,14H,2-4H2,1H3,(H,17,18,19)(H,20,21,22). The Morgan fingerprint density at radius 1 is 1.08 bits per heavy atom. The van der Waals surface area contributed by atoms with Crippen LogP contribution in [0.3, 0.4) is 0 Å². The SMILES string of the molecule is CCCCc1cc(=O)n(-c2cc(S(=O)(=O)O)ccc2S(=O)(=O)O)[nH]1. The van der Waals surface area contributed by atoms with Gasteiger partial charge in [0, 0.05) is 11.8 Å². The van der Waals surface area contributed by atoms with Crippen molar-refractivity contribution < 1.29 is 25.9 Å². The van der Waals surface area contributed by atoms with Crippen LogP contribution in [0, 0.1) is 0 Å². The van der Waals surface area contributed by atoms with Crippen molar-refractivity contribution in [1.82, 2.24) is 9.78 Å². The van der Waals surface area contributed by atoms with E-state index in [1.165, 1.54) is 6.07 Å². The van der Waals surface area contributed by atoms with Crippen LogP contribution in [0.1, 0.15) is 25.5 Å². The molecule has 1 aromatic carbocycles. The topological polar surface area (TPSA) is 147 Å². The second-order valence-corrected chi connectivity index (χ2v) is 7.95. The van der Waals surface area contributed by atoms with Crippen molar-refractivity contribution in [3.8, 4) is 5.69 Å². The van der Waals surface area contributed by atoms with Crippen molar-refractivity contribution in [2.45, 2.75) is 36.0 Å². The Labute approximate surface area is 138 Å². The molecule has 0 aliphatic heterocycles. The summed E-state index contributed by atoms with van der Waals surface area (Å²) in [5, 5.41) is 2.68. The van der Waals surface area contributed by atoms with Crippen molar-refractivity contribution >= 4 is 20.2 Å². The molecule has 2 rings (SSSR count). The number of benzene rings is 1. The van der Waals surface area contributed by atoms with Gasteiger partial charge < -0.3 is 0 Å². The molecule has 0 atom stereocenters. The third kappa shape index (κ3) is 3.93. The molecule has 0 aliphatic rings. The monoisotopic (exact) mass is 376 g/mol. The van der Waals surface area contributed by atoms with Crippen molar-refractivity contribution in [2.75, 3.05) is 0 Å². The zero-order chi connectivity index (χ0) is 18.1. The number of rotatable bonds is 6. The molecule has 0 fully saturated rings. The molecule has 1 aromatic heterocycles. The fourth-order valence-electron chi connectivity index (χ4n) is 2.17. The van der Waals surface area contributed by atoms with Gasteiger partial charge in [0.15, 0.2) is 0 Å². The molecule has 9 nitrogen and oxygen atoms in total. The van der Waals surface area contributed by atoms with E-state index in [0.29, 0.717) is 12.1 Å². The van der Waals surface area contributed by atoms with E-state index in [0.717, 1.165) is 35.7 Å². The first kappa shape index (κ1) is 18.4. The quantitative estimate of drug-likeness (QED) is 0.637. The highest BCUT2D eigenvalue weighted by atomic mass is 32.2. The van der Waals surface area contributed by atoms with Crippen molar-refractivity contribution in [3.05, 3.63) is 40.3 Å². The van der Waals surface area contributed by atoms with Gasteiger partial charge in [0.05, 0.1) is 10.6 Å². The van der Waals surface area contributed by atoms with Gasteiger partial charge >= 0.3 is 0 Å². The van der Waals surface area contributed by atoms with Crippen molar-refractivity contribution in [2.24, 2.45) is 0 Å². The number of hydrogen-bond donors (Lipinski definition) is 3. The number of hydrogen-bond acceptors (Lipinski definition) is 5. The predicted octanol–water partition coefficient (Wildman–Crippen LogP) is 1.00. The van der Waals surface area contributed by atoms with Gasteiger partial charge in [0.1, 0.15) is 4.90 Å². The van der Waals surface area contributed by atoms with Gasteiger partial charge in [-0.1, -0.05) is 13.3 Å². The van der Waals surface area contributed by atoms with Gasteiger partial charge in [-0.15, -0.1) is 0 Å². The van der Waals surface area contributed by atoms with Gasteiger partial charge in [0.2, 0.25) is 0 Å². The maximum Gasteiger partial charge on any atom is 0.296 e. The van der Waals surface area contributed by atoms with E-state index in [2.05, 4.69) is 5.10 Å². The minimum Gasteiger partial charge on any atom is -0.295 e. The first-order chi connectivity index (χ1) is 11.0. The number of aromatic nitrogens is 2. The fourth-order valence-corrected chi connectivity index (χ4v) is 3.32. The molecule has 0 bridgehead atoms. The lowest BCUT2D eigenvalue weighted by Gasteiger charge is -2.09. The Morgan fingerprint density at radius 2 is 1.75 bits per heavy atom. The van der Waals surface area contributed by atoms with Crippen LogP contribution in [0.5, 0.6) is 0 Å². The molecule has 11 heteroatoms. The van der Waals surface area contributed by atoms with E-state index in [4.69, 9.17) is 4.55 Å². The van der Waals surface area contributed by atoms with Crippen LogP contribution in [0.15, 0.2) is 38.9 Å². The Kier molecular flexibility index (Phi) is 4.99. The van der Waals surface area contributed by atoms with E-state index in [1.807, 2.05) is 6.92 Å². The highest BCUT2D eigenvalue weighted by Gasteiger charge is 2.22. The van der Waals surface area contributed by atoms with Gasteiger partial charge in [-0.2, -0.15) is 16.8 Å². The summed E-state index contributed by atoms with van der Waals surface area (Å²) >= 11 is 0. The summed E-state index contributed by atoms with van der Waals surface area (Å²) in [5.74, 6) is 0. The number of aromatic amines is 1.